The quantitative estimate of drug-likeness (QED) is 0.711. The normalized spacial score (nSPS) is 18.4. The number of thioether (sulfide) groups is 1. The minimum atomic E-state index is 0.164. The van der Waals surface area contributed by atoms with Gasteiger partial charge in [0.1, 0.15) is 0 Å². The zero-order valence-electron chi connectivity index (χ0n) is 15.2. The topological polar surface area (TPSA) is 33.2 Å². The second-order valence-electron chi connectivity index (χ2n) is 7.61. The van der Waals surface area contributed by atoms with Crippen molar-refractivity contribution >= 4 is 29.0 Å². The standard InChI is InChI=1S/C20H26N2OS2/c1-20(2,3)16-6-8-17(9-7-16)25-14-18(23)22-11-4-5-15(13-22)19-21-10-12-24-19/h6-10,12,15H,4-5,11,13-14H2,1-3H3. The van der Waals surface area contributed by atoms with Gasteiger partial charge in [-0.3, -0.25) is 4.79 Å². The molecular weight excluding hydrogens is 348 g/mol. The van der Waals surface area contributed by atoms with Crippen LogP contribution in [-0.4, -0.2) is 34.6 Å². The summed E-state index contributed by atoms with van der Waals surface area (Å²) in [5, 5.41) is 3.19. The molecule has 1 amide bonds. The average Bonchev–Trinajstić information content (AvgIpc) is 3.14. The number of carbonyl (C=O) groups is 1. The SMILES string of the molecule is CC(C)(C)c1ccc(SCC(=O)N2CCCC(c3nccs3)C2)cc1. The summed E-state index contributed by atoms with van der Waals surface area (Å²) in [6.07, 6.45) is 4.07. The number of amides is 1. The molecule has 1 saturated heterocycles. The zero-order chi connectivity index (χ0) is 17.9. The van der Waals surface area contributed by atoms with E-state index in [0.717, 1.165) is 30.8 Å². The molecule has 1 fully saturated rings. The molecule has 2 heterocycles. The van der Waals surface area contributed by atoms with Crippen LogP contribution in [0.3, 0.4) is 0 Å². The van der Waals surface area contributed by atoms with Gasteiger partial charge in [-0.2, -0.15) is 0 Å². The van der Waals surface area contributed by atoms with Gasteiger partial charge in [-0.15, -0.1) is 23.1 Å². The van der Waals surface area contributed by atoms with Gasteiger partial charge in [0, 0.05) is 35.5 Å². The lowest BCUT2D eigenvalue weighted by Crippen LogP contribution is -2.40. The Kier molecular flexibility index (Phi) is 5.85. The molecule has 2 aromatic rings. The Morgan fingerprint density at radius 2 is 2.08 bits per heavy atom. The van der Waals surface area contributed by atoms with Crippen LogP contribution in [0, 0.1) is 0 Å². The summed E-state index contributed by atoms with van der Waals surface area (Å²) >= 11 is 3.34. The van der Waals surface area contributed by atoms with Crippen molar-refractivity contribution in [1.82, 2.24) is 9.88 Å². The molecule has 3 nitrogen and oxygen atoms in total. The van der Waals surface area contributed by atoms with Crippen molar-refractivity contribution in [3.05, 3.63) is 46.4 Å². The third-order valence-corrected chi connectivity index (χ3v) is 6.59. The van der Waals surface area contributed by atoms with E-state index in [1.807, 2.05) is 16.5 Å². The number of benzene rings is 1. The molecule has 1 aromatic heterocycles. The van der Waals surface area contributed by atoms with Crippen molar-refractivity contribution in [3.63, 3.8) is 0 Å². The molecule has 25 heavy (non-hydrogen) atoms. The fourth-order valence-corrected chi connectivity index (χ4v) is 4.70. The molecule has 1 aromatic carbocycles. The molecule has 0 N–H and O–H groups in total. The number of aromatic nitrogens is 1. The Morgan fingerprint density at radius 3 is 2.72 bits per heavy atom. The highest BCUT2D eigenvalue weighted by Gasteiger charge is 2.26. The van der Waals surface area contributed by atoms with Crippen molar-refractivity contribution in [2.75, 3.05) is 18.8 Å². The van der Waals surface area contributed by atoms with Crippen LogP contribution in [0.1, 0.15) is 50.1 Å². The maximum atomic E-state index is 12.6. The predicted molar refractivity (Wildman–Crippen MR) is 107 cm³/mol. The minimum Gasteiger partial charge on any atom is -0.341 e. The first-order valence-corrected chi connectivity index (χ1v) is 10.7. The van der Waals surface area contributed by atoms with E-state index in [9.17, 15) is 4.79 Å². The van der Waals surface area contributed by atoms with Gasteiger partial charge in [0.2, 0.25) is 5.91 Å². The van der Waals surface area contributed by atoms with Crippen LogP contribution < -0.4 is 0 Å². The van der Waals surface area contributed by atoms with Gasteiger partial charge in [0.05, 0.1) is 10.8 Å². The molecular formula is C20H26N2OS2. The molecule has 3 rings (SSSR count). The second kappa shape index (κ2) is 7.92. The Balaban J connectivity index is 1.53. The second-order valence-corrected chi connectivity index (χ2v) is 9.59. The van der Waals surface area contributed by atoms with Crippen LogP contribution in [0.25, 0.3) is 0 Å². The number of hydrogen-bond acceptors (Lipinski definition) is 4. The first kappa shape index (κ1) is 18.5. The molecule has 1 unspecified atom stereocenters. The summed E-state index contributed by atoms with van der Waals surface area (Å²) in [5.74, 6) is 1.17. The van der Waals surface area contributed by atoms with Crippen LogP contribution in [0.15, 0.2) is 40.7 Å². The van der Waals surface area contributed by atoms with E-state index in [2.05, 4.69) is 50.0 Å². The molecule has 0 saturated carbocycles. The Hall–Kier alpha value is -1.33. The largest absolute Gasteiger partial charge is 0.341 e. The van der Waals surface area contributed by atoms with Gasteiger partial charge in [0.25, 0.3) is 0 Å². The summed E-state index contributed by atoms with van der Waals surface area (Å²) in [6, 6.07) is 8.61. The van der Waals surface area contributed by atoms with Crippen LogP contribution in [0.5, 0.6) is 0 Å². The molecule has 1 aliphatic rings. The minimum absolute atomic E-state index is 0.164. The van der Waals surface area contributed by atoms with Gasteiger partial charge < -0.3 is 4.90 Å². The Labute approximate surface area is 158 Å². The fourth-order valence-electron chi connectivity index (χ4n) is 3.13. The van der Waals surface area contributed by atoms with E-state index < -0.39 is 0 Å². The lowest BCUT2D eigenvalue weighted by molar-refractivity contribution is -0.129. The summed E-state index contributed by atoms with van der Waals surface area (Å²) in [5.41, 5.74) is 1.49. The first-order chi connectivity index (χ1) is 11.9. The first-order valence-electron chi connectivity index (χ1n) is 8.84. The van der Waals surface area contributed by atoms with Crippen LogP contribution in [0.4, 0.5) is 0 Å². The Bertz CT molecular complexity index is 689. The highest BCUT2D eigenvalue weighted by molar-refractivity contribution is 8.00. The number of likely N-dealkylation sites (tertiary alicyclic amines) is 1. The molecule has 0 spiro atoms. The van der Waals surface area contributed by atoms with Gasteiger partial charge in [-0.25, -0.2) is 4.98 Å². The van der Waals surface area contributed by atoms with Crippen molar-refractivity contribution in [1.29, 1.82) is 0 Å². The van der Waals surface area contributed by atoms with E-state index in [0.29, 0.717) is 11.7 Å². The third kappa shape index (κ3) is 4.85. The number of carbonyl (C=O) groups excluding carboxylic acids is 1. The fraction of sp³-hybridized carbons (Fsp3) is 0.500. The summed E-state index contributed by atoms with van der Waals surface area (Å²) < 4.78 is 0. The predicted octanol–water partition coefficient (Wildman–Crippen LogP) is 4.94. The summed E-state index contributed by atoms with van der Waals surface area (Å²) in [7, 11) is 0. The molecule has 0 radical (unpaired) electrons. The Morgan fingerprint density at radius 1 is 1.32 bits per heavy atom. The van der Waals surface area contributed by atoms with Crippen molar-refractivity contribution < 1.29 is 4.79 Å². The van der Waals surface area contributed by atoms with Crippen molar-refractivity contribution in [3.8, 4) is 0 Å². The van der Waals surface area contributed by atoms with Gasteiger partial charge in [-0.05, 0) is 36.0 Å². The van der Waals surface area contributed by atoms with E-state index in [1.54, 1.807) is 23.1 Å². The highest BCUT2D eigenvalue weighted by Crippen LogP contribution is 2.29. The number of thiazole rings is 1. The molecule has 1 atom stereocenters. The zero-order valence-corrected chi connectivity index (χ0v) is 16.8. The molecule has 1 aliphatic heterocycles. The van der Waals surface area contributed by atoms with E-state index >= 15 is 0 Å². The molecule has 134 valence electrons. The van der Waals surface area contributed by atoms with Crippen molar-refractivity contribution in [2.45, 2.75) is 49.8 Å². The van der Waals surface area contributed by atoms with E-state index in [1.165, 1.54) is 10.6 Å². The van der Waals surface area contributed by atoms with Crippen LogP contribution in [0.2, 0.25) is 0 Å². The molecule has 0 bridgehead atoms. The van der Waals surface area contributed by atoms with Crippen molar-refractivity contribution in [2.24, 2.45) is 0 Å². The number of hydrogen-bond donors (Lipinski definition) is 0. The maximum Gasteiger partial charge on any atom is 0.232 e. The lowest BCUT2D eigenvalue weighted by Gasteiger charge is -2.31. The average molecular weight is 375 g/mol. The smallest absolute Gasteiger partial charge is 0.232 e. The van der Waals surface area contributed by atoms with Crippen LogP contribution in [-0.2, 0) is 10.2 Å². The van der Waals surface area contributed by atoms with Gasteiger partial charge in [0.15, 0.2) is 0 Å². The molecule has 0 aliphatic carbocycles. The van der Waals surface area contributed by atoms with Gasteiger partial charge in [-0.1, -0.05) is 32.9 Å². The third-order valence-electron chi connectivity index (χ3n) is 4.66. The monoisotopic (exact) mass is 374 g/mol. The molecule has 5 heteroatoms. The summed E-state index contributed by atoms with van der Waals surface area (Å²) in [6.45, 7) is 8.34. The summed E-state index contributed by atoms with van der Waals surface area (Å²) in [4.78, 5) is 20.2. The number of nitrogens with zero attached hydrogens (tertiary/aromatic N) is 2. The highest BCUT2D eigenvalue weighted by atomic mass is 32.2. The van der Waals surface area contributed by atoms with E-state index in [4.69, 9.17) is 0 Å². The maximum absolute atomic E-state index is 12.6. The number of piperidine rings is 1. The lowest BCUT2D eigenvalue weighted by atomic mass is 9.87. The van der Waals surface area contributed by atoms with Crippen LogP contribution >= 0.6 is 23.1 Å². The van der Waals surface area contributed by atoms with Gasteiger partial charge >= 0.3 is 0 Å². The van der Waals surface area contributed by atoms with E-state index in [-0.39, 0.29) is 11.3 Å². The number of rotatable bonds is 4.